The lowest BCUT2D eigenvalue weighted by atomic mass is 9.96. The SMILES string of the molecule is Cc1nn(C)c(C)c1-c1cnc([C@H]2CCCN(S(C)(=O)=O)C2)cn1. The minimum absolute atomic E-state index is 0.103. The normalized spacial score (nSPS) is 19.6. The number of aryl methyl sites for hydroxylation is 2. The van der Waals surface area contributed by atoms with Crippen molar-refractivity contribution in [2.24, 2.45) is 7.05 Å². The van der Waals surface area contributed by atoms with Gasteiger partial charge in [-0.3, -0.25) is 14.6 Å². The van der Waals surface area contributed by atoms with Gasteiger partial charge in [-0.2, -0.15) is 5.10 Å². The first-order valence-corrected chi connectivity index (χ1v) is 9.90. The zero-order chi connectivity index (χ0) is 17.5. The minimum atomic E-state index is -3.15. The van der Waals surface area contributed by atoms with Gasteiger partial charge in [0.05, 0.1) is 29.5 Å². The van der Waals surface area contributed by atoms with Crippen LogP contribution in [0.25, 0.3) is 11.3 Å². The number of nitrogens with zero attached hydrogens (tertiary/aromatic N) is 5. The summed E-state index contributed by atoms with van der Waals surface area (Å²) in [6, 6.07) is 0. The van der Waals surface area contributed by atoms with Crippen molar-refractivity contribution < 1.29 is 8.42 Å². The number of aromatic nitrogens is 4. The summed E-state index contributed by atoms with van der Waals surface area (Å²) in [5.41, 5.74) is 4.65. The molecule has 0 radical (unpaired) electrons. The molecule has 3 heterocycles. The van der Waals surface area contributed by atoms with Crippen molar-refractivity contribution in [2.75, 3.05) is 19.3 Å². The van der Waals surface area contributed by atoms with Crippen LogP contribution in [-0.2, 0) is 17.1 Å². The van der Waals surface area contributed by atoms with Crippen LogP contribution >= 0.6 is 0 Å². The molecule has 130 valence electrons. The Morgan fingerprint density at radius 2 is 1.96 bits per heavy atom. The van der Waals surface area contributed by atoms with Crippen LogP contribution < -0.4 is 0 Å². The van der Waals surface area contributed by atoms with Crippen molar-refractivity contribution in [3.05, 3.63) is 29.5 Å². The van der Waals surface area contributed by atoms with Gasteiger partial charge in [0.15, 0.2) is 0 Å². The summed E-state index contributed by atoms with van der Waals surface area (Å²) in [6.07, 6.45) is 6.59. The summed E-state index contributed by atoms with van der Waals surface area (Å²) in [5.74, 6) is 0.103. The number of hydrogen-bond acceptors (Lipinski definition) is 5. The van der Waals surface area contributed by atoms with E-state index in [0.717, 1.165) is 41.2 Å². The highest BCUT2D eigenvalue weighted by Crippen LogP contribution is 2.28. The highest BCUT2D eigenvalue weighted by atomic mass is 32.2. The quantitative estimate of drug-likeness (QED) is 0.841. The number of hydrogen-bond donors (Lipinski definition) is 0. The Morgan fingerprint density at radius 3 is 2.50 bits per heavy atom. The predicted octanol–water partition coefficient (Wildman–Crippen LogP) is 1.63. The molecule has 0 N–H and O–H groups in total. The van der Waals surface area contributed by atoms with Crippen LogP contribution in [0.3, 0.4) is 0 Å². The molecule has 8 heteroatoms. The van der Waals surface area contributed by atoms with Gasteiger partial charge in [-0.1, -0.05) is 0 Å². The Kier molecular flexibility index (Phi) is 4.44. The highest BCUT2D eigenvalue weighted by molar-refractivity contribution is 7.88. The molecule has 0 unspecified atom stereocenters. The summed E-state index contributed by atoms with van der Waals surface area (Å²) in [6.45, 7) is 5.05. The molecular weight excluding hydrogens is 326 g/mol. The van der Waals surface area contributed by atoms with Crippen molar-refractivity contribution in [1.29, 1.82) is 0 Å². The molecule has 24 heavy (non-hydrogen) atoms. The second-order valence-corrected chi connectivity index (χ2v) is 8.44. The zero-order valence-electron chi connectivity index (χ0n) is 14.5. The Bertz CT molecular complexity index is 842. The Balaban J connectivity index is 1.84. The summed E-state index contributed by atoms with van der Waals surface area (Å²) in [4.78, 5) is 9.13. The maximum absolute atomic E-state index is 11.8. The molecule has 3 rings (SSSR count). The Labute approximate surface area is 142 Å². The Hall–Kier alpha value is -1.80. The number of piperidine rings is 1. The summed E-state index contributed by atoms with van der Waals surface area (Å²) in [5, 5.41) is 4.41. The van der Waals surface area contributed by atoms with Crippen molar-refractivity contribution in [3.63, 3.8) is 0 Å². The smallest absolute Gasteiger partial charge is 0.211 e. The van der Waals surface area contributed by atoms with Crippen molar-refractivity contribution in [1.82, 2.24) is 24.1 Å². The molecule has 1 atom stereocenters. The molecule has 2 aromatic heterocycles. The van der Waals surface area contributed by atoms with Gasteiger partial charge in [-0.25, -0.2) is 12.7 Å². The van der Waals surface area contributed by atoms with Gasteiger partial charge in [-0.05, 0) is 26.7 Å². The third-order valence-corrected chi connectivity index (χ3v) is 5.98. The van der Waals surface area contributed by atoms with Gasteiger partial charge in [0, 0.05) is 43.5 Å². The maximum atomic E-state index is 11.8. The van der Waals surface area contributed by atoms with E-state index < -0.39 is 10.0 Å². The summed E-state index contributed by atoms with van der Waals surface area (Å²) >= 11 is 0. The number of rotatable bonds is 3. The molecule has 0 saturated carbocycles. The third kappa shape index (κ3) is 3.21. The van der Waals surface area contributed by atoms with Crippen LogP contribution in [0.1, 0.15) is 35.8 Å². The summed E-state index contributed by atoms with van der Waals surface area (Å²) < 4.78 is 26.9. The second kappa shape index (κ2) is 6.25. The molecule has 1 saturated heterocycles. The van der Waals surface area contributed by atoms with E-state index in [2.05, 4.69) is 15.1 Å². The maximum Gasteiger partial charge on any atom is 0.211 e. The van der Waals surface area contributed by atoms with Gasteiger partial charge < -0.3 is 0 Å². The molecule has 1 aliphatic rings. The van der Waals surface area contributed by atoms with Crippen molar-refractivity contribution in [3.8, 4) is 11.3 Å². The molecule has 0 aromatic carbocycles. The molecule has 0 bridgehead atoms. The van der Waals surface area contributed by atoms with E-state index in [4.69, 9.17) is 0 Å². The van der Waals surface area contributed by atoms with Gasteiger partial charge >= 0.3 is 0 Å². The predicted molar refractivity (Wildman–Crippen MR) is 92.1 cm³/mol. The zero-order valence-corrected chi connectivity index (χ0v) is 15.3. The van der Waals surface area contributed by atoms with Crippen LogP contribution in [0.15, 0.2) is 12.4 Å². The van der Waals surface area contributed by atoms with Crippen molar-refractivity contribution >= 4 is 10.0 Å². The van der Waals surface area contributed by atoms with Crippen LogP contribution in [0.2, 0.25) is 0 Å². The van der Waals surface area contributed by atoms with E-state index in [-0.39, 0.29) is 5.92 Å². The third-order valence-electron chi connectivity index (χ3n) is 4.71. The van der Waals surface area contributed by atoms with E-state index in [1.54, 1.807) is 12.4 Å². The molecule has 1 fully saturated rings. The van der Waals surface area contributed by atoms with E-state index in [1.807, 2.05) is 25.6 Å². The lowest BCUT2D eigenvalue weighted by molar-refractivity contribution is 0.314. The monoisotopic (exact) mass is 349 g/mol. The van der Waals surface area contributed by atoms with E-state index in [9.17, 15) is 8.42 Å². The highest BCUT2D eigenvalue weighted by Gasteiger charge is 2.27. The second-order valence-electron chi connectivity index (χ2n) is 6.46. The van der Waals surface area contributed by atoms with Gasteiger partial charge in [0.1, 0.15) is 0 Å². The molecule has 0 amide bonds. The molecule has 7 nitrogen and oxygen atoms in total. The Morgan fingerprint density at radius 1 is 1.21 bits per heavy atom. The van der Waals surface area contributed by atoms with E-state index >= 15 is 0 Å². The fraction of sp³-hybridized carbons (Fsp3) is 0.562. The average molecular weight is 349 g/mol. The first kappa shape index (κ1) is 17.0. The fourth-order valence-electron chi connectivity index (χ4n) is 3.31. The van der Waals surface area contributed by atoms with Crippen LogP contribution in [0.4, 0.5) is 0 Å². The van der Waals surface area contributed by atoms with Crippen LogP contribution in [-0.4, -0.2) is 51.8 Å². The van der Waals surface area contributed by atoms with Gasteiger partial charge in [0.25, 0.3) is 0 Å². The van der Waals surface area contributed by atoms with Gasteiger partial charge in [-0.15, -0.1) is 0 Å². The first-order valence-electron chi connectivity index (χ1n) is 8.05. The molecular formula is C16H23N5O2S. The van der Waals surface area contributed by atoms with Gasteiger partial charge in [0.2, 0.25) is 10.0 Å². The van der Waals surface area contributed by atoms with Crippen LogP contribution in [0, 0.1) is 13.8 Å². The minimum Gasteiger partial charge on any atom is -0.272 e. The molecule has 0 spiro atoms. The lowest BCUT2D eigenvalue weighted by Gasteiger charge is -2.30. The van der Waals surface area contributed by atoms with Crippen LogP contribution in [0.5, 0.6) is 0 Å². The molecule has 0 aliphatic carbocycles. The lowest BCUT2D eigenvalue weighted by Crippen LogP contribution is -2.38. The van der Waals surface area contributed by atoms with E-state index in [0.29, 0.717) is 13.1 Å². The first-order chi connectivity index (χ1) is 11.3. The largest absolute Gasteiger partial charge is 0.272 e. The molecule has 2 aromatic rings. The number of sulfonamides is 1. The standard InChI is InChI=1S/C16H23N5O2S/c1-11-16(12(2)20(3)19-11)15-9-17-14(8-18-15)13-6-5-7-21(10-13)24(4,22)23/h8-9,13H,5-7,10H2,1-4H3/t13-/m0/s1. The molecule has 1 aliphatic heterocycles. The average Bonchev–Trinajstić information content (AvgIpc) is 2.80. The van der Waals surface area contributed by atoms with E-state index in [1.165, 1.54) is 10.6 Å². The van der Waals surface area contributed by atoms with Crippen molar-refractivity contribution in [2.45, 2.75) is 32.6 Å². The topological polar surface area (TPSA) is 81.0 Å². The fourth-order valence-corrected chi connectivity index (χ4v) is 4.22. The summed E-state index contributed by atoms with van der Waals surface area (Å²) in [7, 11) is -1.24.